The van der Waals surface area contributed by atoms with Crippen LogP contribution >= 0.6 is 22.9 Å². The molecular formula is C30H26ClF3N6O3S. The molecule has 4 aliphatic rings. The lowest BCUT2D eigenvalue weighted by atomic mass is 9.95. The molecule has 5 atom stereocenters. The zero-order valence-corrected chi connectivity index (χ0v) is 24.6. The van der Waals surface area contributed by atoms with Crippen LogP contribution in [0.5, 0.6) is 11.5 Å². The zero-order chi connectivity index (χ0) is 30.5. The summed E-state index contributed by atoms with van der Waals surface area (Å²) in [5.41, 5.74) is 7.17. The van der Waals surface area contributed by atoms with Crippen molar-refractivity contribution in [1.82, 2.24) is 14.8 Å². The number of alkyl halides is 2. The van der Waals surface area contributed by atoms with Crippen LogP contribution in [0, 0.1) is 17.1 Å². The Morgan fingerprint density at radius 2 is 2.14 bits per heavy atom. The predicted molar refractivity (Wildman–Crippen MR) is 160 cm³/mol. The molecule has 4 aromatic rings. The minimum absolute atomic E-state index is 0.00658. The number of ether oxygens (including phenoxy) is 2. The van der Waals surface area contributed by atoms with Gasteiger partial charge >= 0.3 is 0 Å². The molecule has 2 fully saturated rings. The maximum Gasteiger partial charge on any atom is 0.279 e. The molecular weight excluding hydrogens is 617 g/mol. The van der Waals surface area contributed by atoms with Gasteiger partial charge in [0.15, 0.2) is 17.9 Å². The summed E-state index contributed by atoms with van der Waals surface area (Å²) in [5.74, 6) is -0.171. The van der Waals surface area contributed by atoms with Gasteiger partial charge in [-0.1, -0.05) is 17.7 Å². The molecule has 0 spiro atoms. The summed E-state index contributed by atoms with van der Waals surface area (Å²) in [6.45, 7) is 1.38. The average Bonchev–Trinajstić information content (AvgIpc) is 3.69. The van der Waals surface area contributed by atoms with E-state index in [4.69, 9.17) is 26.8 Å². The Morgan fingerprint density at radius 3 is 2.95 bits per heavy atom. The second-order valence-corrected chi connectivity index (χ2v) is 13.1. The molecule has 2 aromatic carbocycles. The number of nitrogens with two attached hydrogens (primary N) is 1. The van der Waals surface area contributed by atoms with E-state index in [1.807, 2.05) is 6.07 Å². The van der Waals surface area contributed by atoms with E-state index in [0.717, 1.165) is 30.7 Å². The summed E-state index contributed by atoms with van der Waals surface area (Å²) in [7, 11) is 0. The van der Waals surface area contributed by atoms with Gasteiger partial charge in [0, 0.05) is 35.8 Å². The van der Waals surface area contributed by atoms with Gasteiger partial charge in [0.2, 0.25) is 0 Å². The number of halogens is 4. The predicted octanol–water partition coefficient (Wildman–Crippen LogP) is 5.77. The summed E-state index contributed by atoms with van der Waals surface area (Å²) < 4.78 is 59.9. The van der Waals surface area contributed by atoms with Crippen LogP contribution in [0.15, 0.2) is 30.5 Å². The number of nitrogens with one attached hydrogen (secondary N) is 2. The van der Waals surface area contributed by atoms with Crippen molar-refractivity contribution in [3.8, 4) is 28.7 Å². The molecule has 44 heavy (non-hydrogen) atoms. The number of fused-ring (bicyclic) bond motifs is 4. The lowest BCUT2D eigenvalue weighted by molar-refractivity contribution is 0.0559. The molecule has 0 amide bonds. The van der Waals surface area contributed by atoms with Gasteiger partial charge in [-0.25, -0.2) is 14.1 Å². The maximum atomic E-state index is 16.6. The summed E-state index contributed by atoms with van der Waals surface area (Å²) in [4.78, 5) is 2.13. The smallest absolute Gasteiger partial charge is 0.279 e. The Hall–Kier alpha value is -3.67. The molecule has 2 aromatic heterocycles. The summed E-state index contributed by atoms with van der Waals surface area (Å²) in [6.07, 6.45) is -1.46. The number of anilines is 2. The van der Waals surface area contributed by atoms with Crippen LogP contribution in [-0.4, -0.2) is 52.3 Å². The van der Waals surface area contributed by atoms with Crippen LogP contribution < -0.4 is 25.8 Å². The van der Waals surface area contributed by atoms with Crippen LogP contribution in [0.1, 0.15) is 48.6 Å². The van der Waals surface area contributed by atoms with Crippen LogP contribution in [-0.2, 0) is 0 Å². The number of thiophene rings is 1. The van der Waals surface area contributed by atoms with Gasteiger partial charge in [-0.2, -0.15) is 9.65 Å². The first kappa shape index (κ1) is 27.8. The van der Waals surface area contributed by atoms with E-state index < -0.39 is 36.4 Å². The van der Waals surface area contributed by atoms with Gasteiger partial charge in [0.05, 0.1) is 26.4 Å². The molecule has 0 bridgehead atoms. The molecule has 0 aliphatic carbocycles. The van der Waals surface area contributed by atoms with Crippen molar-refractivity contribution in [1.29, 1.82) is 5.26 Å². The SMILES string of the molecule is N#Cc1c(N)sc2c(F)ccc(-c3c(Cl)cn4c3C(F)Oc3c(OC[C@@]56CCCN5C[C@H](F)C6)ccc5c3[C@H]4N[C@H](O)N5)c12. The van der Waals surface area contributed by atoms with Crippen molar-refractivity contribution < 1.29 is 27.8 Å². The lowest BCUT2D eigenvalue weighted by Crippen LogP contribution is -2.45. The van der Waals surface area contributed by atoms with Gasteiger partial charge in [-0.15, -0.1) is 11.3 Å². The van der Waals surface area contributed by atoms with E-state index in [1.54, 1.807) is 12.1 Å². The Labute approximate surface area is 258 Å². The number of hydrogen-bond donors (Lipinski definition) is 4. The highest BCUT2D eigenvalue weighted by Crippen LogP contribution is 2.53. The molecule has 9 nitrogen and oxygen atoms in total. The summed E-state index contributed by atoms with van der Waals surface area (Å²) >= 11 is 7.71. The van der Waals surface area contributed by atoms with Gasteiger partial charge in [0.1, 0.15) is 41.5 Å². The van der Waals surface area contributed by atoms with Crippen molar-refractivity contribution in [3.05, 3.63) is 58.1 Å². The third-order valence-electron chi connectivity index (χ3n) is 9.24. The minimum Gasteiger partial charge on any atom is -0.488 e. The molecule has 6 heterocycles. The molecule has 0 radical (unpaired) electrons. The Kier molecular flexibility index (Phi) is 6.28. The Bertz CT molecular complexity index is 1890. The first-order valence-electron chi connectivity index (χ1n) is 14.2. The highest BCUT2D eigenvalue weighted by Gasteiger charge is 2.50. The van der Waals surface area contributed by atoms with Crippen LogP contribution in [0.4, 0.5) is 23.9 Å². The lowest BCUT2D eigenvalue weighted by Gasteiger charge is -2.34. The van der Waals surface area contributed by atoms with E-state index >= 15 is 4.39 Å². The molecule has 14 heteroatoms. The average molecular weight is 643 g/mol. The molecule has 8 rings (SSSR count). The fourth-order valence-corrected chi connectivity index (χ4v) is 8.65. The third-order valence-corrected chi connectivity index (χ3v) is 10.6. The topological polar surface area (TPSA) is 121 Å². The number of aliphatic hydroxyl groups excluding tert-OH is 1. The first-order chi connectivity index (χ1) is 21.2. The third kappa shape index (κ3) is 3.95. The van der Waals surface area contributed by atoms with E-state index in [0.29, 0.717) is 29.8 Å². The second-order valence-electron chi connectivity index (χ2n) is 11.7. The number of nitriles is 1. The van der Waals surface area contributed by atoms with Crippen LogP contribution in [0.25, 0.3) is 21.2 Å². The standard InChI is InChI=1S/C30H26ClF3N6O3S/c31-16-11-40-23(21(16)14-2-3-17(33)25-20(14)15(9-35)27(36)44-25)26(34)43-24-19(5-4-18-22(24)28(40)38-29(41)37-18)42-12-30-6-1-7-39(30)10-13(32)8-30/h2-5,11,13,26,28-29,37-38,41H,1,6-8,10,12,36H2/t13-,26?,28+,29-,30+/m1/s1. The number of rotatable bonds is 4. The number of nitrogen functional groups attached to an aromatic ring is 1. The normalized spacial score (nSPS) is 27.2. The maximum absolute atomic E-state index is 16.6. The molecule has 4 aliphatic heterocycles. The molecule has 228 valence electrons. The quantitative estimate of drug-likeness (QED) is 0.222. The number of aromatic nitrogens is 1. The number of aliphatic hydroxyl groups is 1. The number of nitrogens with zero attached hydrogens (tertiary/aromatic N) is 3. The van der Waals surface area contributed by atoms with Gasteiger partial charge < -0.3 is 30.2 Å². The molecule has 0 saturated carbocycles. The van der Waals surface area contributed by atoms with Crippen molar-refractivity contribution >= 4 is 43.7 Å². The minimum atomic E-state index is -2.10. The molecule has 1 unspecified atom stereocenters. The van der Waals surface area contributed by atoms with Gasteiger partial charge in [0.25, 0.3) is 6.36 Å². The number of hydrogen-bond acceptors (Lipinski definition) is 9. The second kappa shape index (κ2) is 9.92. The van der Waals surface area contributed by atoms with Gasteiger partial charge in [-0.05, 0) is 43.1 Å². The Morgan fingerprint density at radius 1 is 1.30 bits per heavy atom. The monoisotopic (exact) mass is 642 g/mol. The Balaban J connectivity index is 1.26. The van der Waals surface area contributed by atoms with Crippen LogP contribution in [0.2, 0.25) is 5.02 Å². The van der Waals surface area contributed by atoms with E-state index in [9.17, 15) is 19.1 Å². The number of benzene rings is 2. The first-order valence-corrected chi connectivity index (χ1v) is 15.4. The van der Waals surface area contributed by atoms with Crippen molar-refractivity contribution in [2.24, 2.45) is 0 Å². The van der Waals surface area contributed by atoms with E-state index in [2.05, 4.69) is 15.5 Å². The summed E-state index contributed by atoms with van der Waals surface area (Å²) in [5, 5.41) is 27.0. The van der Waals surface area contributed by atoms with Crippen molar-refractivity contribution in [3.63, 3.8) is 0 Å². The molecule has 5 N–H and O–H groups in total. The largest absolute Gasteiger partial charge is 0.488 e. The zero-order valence-electron chi connectivity index (χ0n) is 23.0. The van der Waals surface area contributed by atoms with E-state index in [1.165, 1.54) is 22.9 Å². The fourth-order valence-electron chi connectivity index (χ4n) is 7.40. The highest BCUT2D eigenvalue weighted by molar-refractivity contribution is 7.23. The summed E-state index contributed by atoms with van der Waals surface area (Å²) in [6, 6.07) is 8.06. The van der Waals surface area contributed by atoms with E-state index in [-0.39, 0.29) is 55.0 Å². The van der Waals surface area contributed by atoms with Gasteiger partial charge in [-0.3, -0.25) is 4.90 Å². The molecule has 2 saturated heterocycles. The highest BCUT2D eigenvalue weighted by atomic mass is 35.5. The fraction of sp³-hybridized carbons (Fsp3) is 0.367. The van der Waals surface area contributed by atoms with Crippen molar-refractivity contribution in [2.75, 3.05) is 30.7 Å². The van der Waals surface area contributed by atoms with Crippen LogP contribution in [0.3, 0.4) is 0 Å². The van der Waals surface area contributed by atoms with Crippen molar-refractivity contribution in [2.45, 2.75) is 49.8 Å².